The molecule has 0 aliphatic rings. The second-order valence-electron chi connectivity index (χ2n) is 8.08. The predicted octanol–water partition coefficient (Wildman–Crippen LogP) is 5.83. The minimum Gasteiger partial charge on any atom is -0.493 e. The first-order chi connectivity index (χ1) is 17.5. The number of benzene rings is 4. The van der Waals surface area contributed by atoms with Crippen LogP contribution in [0.2, 0.25) is 0 Å². The SMILES string of the molecule is COc1cc(NCc2ccc(-c3ccc(C(=O)Nc4ccccc4N)cc3)cc2)cc(OC)c1OC. The Balaban J connectivity index is 1.40. The molecule has 0 saturated heterocycles. The fraction of sp³-hybridized carbons (Fsp3) is 0.138. The van der Waals surface area contributed by atoms with Gasteiger partial charge in [-0.1, -0.05) is 48.5 Å². The maximum absolute atomic E-state index is 12.6. The average Bonchev–Trinajstić information content (AvgIpc) is 2.92. The second-order valence-corrected chi connectivity index (χ2v) is 8.08. The first-order valence-corrected chi connectivity index (χ1v) is 11.4. The van der Waals surface area contributed by atoms with E-state index in [1.807, 2.05) is 48.5 Å². The zero-order valence-corrected chi connectivity index (χ0v) is 20.5. The summed E-state index contributed by atoms with van der Waals surface area (Å²) < 4.78 is 16.2. The molecule has 36 heavy (non-hydrogen) atoms. The average molecular weight is 484 g/mol. The van der Waals surface area contributed by atoms with Crippen LogP contribution in [0, 0.1) is 0 Å². The Hall–Kier alpha value is -4.65. The highest BCUT2D eigenvalue weighted by molar-refractivity contribution is 6.05. The predicted molar refractivity (Wildman–Crippen MR) is 144 cm³/mol. The molecule has 0 saturated carbocycles. The van der Waals surface area contributed by atoms with Crippen LogP contribution in [-0.2, 0) is 6.54 Å². The molecule has 0 bridgehead atoms. The maximum Gasteiger partial charge on any atom is 0.255 e. The van der Waals surface area contributed by atoms with Crippen molar-refractivity contribution in [2.75, 3.05) is 37.7 Å². The molecule has 0 aromatic heterocycles. The number of nitrogen functional groups attached to an aromatic ring is 1. The molecule has 0 spiro atoms. The van der Waals surface area contributed by atoms with Crippen molar-refractivity contribution >= 4 is 23.0 Å². The Bertz CT molecular complexity index is 1310. The zero-order valence-electron chi connectivity index (χ0n) is 20.5. The summed E-state index contributed by atoms with van der Waals surface area (Å²) in [5.41, 5.74) is 11.7. The van der Waals surface area contributed by atoms with E-state index >= 15 is 0 Å². The summed E-state index contributed by atoms with van der Waals surface area (Å²) in [5.74, 6) is 1.55. The van der Waals surface area contributed by atoms with Gasteiger partial charge >= 0.3 is 0 Å². The highest BCUT2D eigenvalue weighted by Gasteiger charge is 2.13. The summed E-state index contributed by atoms with van der Waals surface area (Å²) in [7, 11) is 4.77. The van der Waals surface area contributed by atoms with Gasteiger partial charge in [0.1, 0.15) is 0 Å². The van der Waals surface area contributed by atoms with Crippen LogP contribution in [-0.4, -0.2) is 27.2 Å². The lowest BCUT2D eigenvalue weighted by atomic mass is 10.0. The Morgan fingerprint density at radius 1 is 0.778 bits per heavy atom. The summed E-state index contributed by atoms with van der Waals surface area (Å²) >= 11 is 0. The number of ether oxygens (including phenoxy) is 3. The van der Waals surface area contributed by atoms with Gasteiger partial charge in [0.15, 0.2) is 11.5 Å². The number of carbonyl (C=O) groups is 1. The van der Waals surface area contributed by atoms with Crippen molar-refractivity contribution in [3.63, 3.8) is 0 Å². The number of rotatable bonds is 9. The van der Waals surface area contributed by atoms with Crippen molar-refractivity contribution in [3.05, 3.63) is 96.1 Å². The van der Waals surface area contributed by atoms with E-state index in [4.69, 9.17) is 19.9 Å². The minimum absolute atomic E-state index is 0.201. The Labute approximate surface area is 210 Å². The molecule has 4 rings (SSSR count). The third kappa shape index (κ3) is 5.52. The van der Waals surface area contributed by atoms with E-state index in [2.05, 4.69) is 34.9 Å². The topological polar surface area (TPSA) is 94.8 Å². The molecule has 0 atom stereocenters. The van der Waals surface area contributed by atoms with Crippen LogP contribution < -0.4 is 30.6 Å². The largest absolute Gasteiger partial charge is 0.493 e. The number of hydrogen-bond donors (Lipinski definition) is 3. The first-order valence-electron chi connectivity index (χ1n) is 11.4. The van der Waals surface area contributed by atoms with Crippen molar-refractivity contribution in [2.45, 2.75) is 6.54 Å². The van der Waals surface area contributed by atoms with E-state index in [1.165, 1.54) is 0 Å². The minimum atomic E-state index is -0.201. The van der Waals surface area contributed by atoms with Crippen LogP contribution in [0.5, 0.6) is 17.2 Å². The molecule has 4 aromatic carbocycles. The molecule has 4 N–H and O–H groups in total. The van der Waals surface area contributed by atoms with Gasteiger partial charge in [-0.3, -0.25) is 4.79 Å². The third-order valence-electron chi connectivity index (χ3n) is 5.80. The van der Waals surface area contributed by atoms with E-state index in [-0.39, 0.29) is 5.91 Å². The molecule has 0 aliphatic heterocycles. The number of anilines is 3. The van der Waals surface area contributed by atoms with E-state index in [9.17, 15) is 4.79 Å². The van der Waals surface area contributed by atoms with E-state index in [0.717, 1.165) is 22.4 Å². The van der Waals surface area contributed by atoms with Crippen LogP contribution in [0.4, 0.5) is 17.1 Å². The molecule has 7 nitrogen and oxygen atoms in total. The number of para-hydroxylation sites is 2. The molecular weight excluding hydrogens is 454 g/mol. The van der Waals surface area contributed by atoms with Crippen molar-refractivity contribution in [1.29, 1.82) is 0 Å². The summed E-state index contributed by atoms with van der Waals surface area (Å²) in [4.78, 5) is 12.6. The Morgan fingerprint density at radius 3 is 1.92 bits per heavy atom. The van der Waals surface area contributed by atoms with Crippen LogP contribution in [0.25, 0.3) is 11.1 Å². The number of nitrogens with two attached hydrogens (primary N) is 1. The number of nitrogens with one attached hydrogen (secondary N) is 2. The third-order valence-corrected chi connectivity index (χ3v) is 5.80. The van der Waals surface area contributed by atoms with Crippen LogP contribution >= 0.6 is 0 Å². The summed E-state index contributed by atoms with van der Waals surface area (Å²) in [6.45, 7) is 0.626. The van der Waals surface area contributed by atoms with Gasteiger partial charge in [-0.15, -0.1) is 0 Å². The van der Waals surface area contributed by atoms with Crippen molar-refractivity contribution in [3.8, 4) is 28.4 Å². The first kappa shape index (κ1) is 24.5. The van der Waals surface area contributed by atoms with E-state index in [0.29, 0.717) is 40.7 Å². The van der Waals surface area contributed by atoms with Crippen LogP contribution in [0.1, 0.15) is 15.9 Å². The lowest BCUT2D eigenvalue weighted by Gasteiger charge is -2.15. The van der Waals surface area contributed by atoms with Gasteiger partial charge in [0.25, 0.3) is 5.91 Å². The number of carbonyl (C=O) groups excluding carboxylic acids is 1. The highest BCUT2D eigenvalue weighted by atomic mass is 16.5. The fourth-order valence-electron chi connectivity index (χ4n) is 3.82. The molecule has 184 valence electrons. The Kier molecular flexibility index (Phi) is 7.60. The van der Waals surface area contributed by atoms with Crippen molar-refractivity contribution < 1.29 is 19.0 Å². The number of amides is 1. The fourth-order valence-corrected chi connectivity index (χ4v) is 3.82. The molecule has 0 radical (unpaired) electrons. The van der Waals surface area contributed by atoms with Gasteiger partial charge in [0.2, 0.25) is 5.75 Å². The number of methoxy groups -OCH3 is 3. The zero-order chi connectivity index (χ0) is 25.5. The van der Waals surface area contributed by atoms with Gasteiger partial charge in [-0.2, -0.15) is 0 Å². The quantitative estimate of drug-likeness (QED) is 0.260. The van der Waals surface area contributed by atoms with Crippen LogP contribution in [0.3, 0.4) is 0 Å². The molecule has 4 aromatic rings. The second kappa shape index (κ2) is 11.2. The molecule has 1 amide bonds. The standard InChI is InChI=1S/C29H29N3O4/c1-34-26-16-23(17-27(35-2)28(26)36-3)31-18-19-8-10-20(11-9-19)21-12-14-22(15-13-21)29(33)32-25-7-5-4-6-24(25)30/h4-17,31H,18,30H2,1-3H3,(H,32,33). The van der Waals surface area contributed by atoms with E-state index < -0.39 is 0 Å². The smallest absolute Gasteiger partial charge is 0.255 e. The maximum atomic E-state index is 12.6. The van der Waals surface area contributed by atoms with Gasteiger partial charge in [0, 0.05) is 29.9 Å². The molecule has 7 heteroatoms. The molecular formula is C29H29N3O4. The molecule has 0 fully saturated rings. The van der Waals surface area contributed by atoms with E-state index in [1.54, 1.807) is 33.5 Å². The lowest BCUT2D eigenvalue weighted by Crippen LogP contribution is -2.12. The van der Waals surface area contributed by atoms with Crippen molar-refractivity contribution in [2.24, 2.45) is 0 Å². The normalized spacial score (nSPS) is 10.4. The van der Waals surface area contributed by atoms with Gasteiger partial charge in [0.05, 0.1) is 32.7 Å². The molecule has 0 aliphatic carbocycles. The summed E-state index contributed by atoms with van der Waals surface area (Å²) in [6.07, 6.45) is 0. The molecule has 0 unspecified atom stereocenters. The highest BCUT2D eigenvalue weighted by Crippen LogP contribution is 2.40. The Morgan fingerprint density at radius 2 is 1.36 bits per heavy atom. The van der Waals surface area contributed by atoms with Gasteiger partial charge in [-0.05, 0) is 41.0 Å². The van der Waals surface area contributed by atoms with Gasteiger partial charge in [-0.25, -0.2) is 0 Å². The van der Waals surface area contributed by atoms with Crippen molar-refractivity contribution in [1.82, 2.24) is 0 Å². The summed E-state index contributed by atoms with van der Waals surface area (Å²) in [6, 6.07) is 26.7. The van der Waals surface area contributed by atoms with Crippen LogP contribution in [0.15, 0.2) is 84.9 Å². The molecule has 0 heterocycles. The lowest BCUT2D eigenvalue weighted by molar-refractivity contribution is 0.102. The monoisotopic (exact) mass is 483 g/mol. The summed E-state index contributed by atoms with van der Waals surface area (Å²) in [5, 5.41) is 6.24. The van der Waals surface area contributed by atoms with Gasteiger partial charge < -0.3 is 30.6 Å². The number of hydrogen-bond acceptors (Lipinski definition) is 6.